The first kappa shape index (κ1) is 14.4. The minimum absolute atomic E-state index is 0.163. The van der Waals surface area contributed by atoms with Crippen LogP contribution in [-0.4, -0.2) is 25.0 Å². The average Bonchev–Trinajstić information content (AvgIpc) is 2.29. The van der Waals surface area contributed by atoms with E-state index in [1.165, 1.54) is 38.5 Å². The maximum absolute atomic E-state index is 11.3. The standard InChI is InChI=1S/C17H30N2O/c1-15-7-13-8-16(2,10-15)12-17(9-13,11-15)19-6-4-5-14(20)18-3/h13,19H,4-12H2,1-3H3,(H,18,20). The summed E-state index contributed by atoms with van der Waals surface area (Å²) < 4.78 is 0. The van der Waals surface area contributed by atoms with Crippen molar-refractivity contribution < 1.29 is 4.79 Å². The molecule has 4 aliphatic rings. The molecule has 3 nitrogen and oxygen atoms in total. The molecular weight excluding hydrogens is 248 g/mol. The van der Waals surface area contributed by atoms with Crippen LogP contribution in [0.1, 0.15) is 65.2 Å². The lowest BCUT2D eigenvalue weighted by Crippen LogP contribution is -2.64. The summed E-state index contributed by atoms with van der Waals surface area (Å²) >= 11 is 0. The summed E-state index contributed by atoms with van der Waals surface area (Å²) in [6.45, 7) is 6.01. The molecule has 0 aromatic rings. The summed E-state index contributed by atoms with van der Waals surface area (Å²) in [6, 6.07) is 0. The Balaban J connectivity index is 1.60. The number of carbonyl (C=O) groups excluding carboxylic acids is 1. The molecule has 0 radical (unpaired) electrons. The topological polar surface area (TPSA) is 41.1 Å². The van der Waals surface area contributed by atoms with E-state index in [4.69, 9.17) is 0 Å². The molecule has 1 amide bonds. The summed E-state index contributed by atoms with van der Waals surface area (Å²) in [4.78, 5) is 11.3. The molecule has 0 aromatic heterocycles. The SMILES string of the molecule is CNC(=O)CCCNC12CC3CC(C)(CC(C)(C3)C1)C2. The molecule has 0 aliphatic heterocycles. The van der Waals surface area contributed by atoms with Gasteiger partial charge in [0, 0.05) is 19.0 Å². The second-order valence-corrected chi connectivity index (χ2v) is 8.61. The van der Waals surface area contributed by atoms with Crippen LogP contribution in [0.25, 0.3) is 0 Å². The van der Waals surface area contributed by atoms with Gasteiger partial charge in [-0.25, -0.2) is 0 Å². The number of hydrogen-bond donors (Lipinski definition) is 2. The van der Waals surface area contributed by atoms with Gasteiger partial charge in [-0.3, -0.25) is 4.79 Å². The van der Waals surface area contributed by atoms with Crippen LogP contribution in [0.5, 0.6) is 0 Å². The molecule has 0 heterocycles. The molecule has 2 unspecified atom stereocenters. The van der Waals surface area contributed by atoms with Crippen molar-refractivity contribution in [2.45, 2.75) is 70.8 Å². The Morgan fingerprint density at radius 2 is 1.75 bits per heavy atom. The zero-order chi connectivity index (χ0) is 14.4. The average molecular weight is 278 g/mol. The lowest BCUT2D eigenvalue weighted by molar-refractivity contribution is -0.122. The summed E-state index contributed by atoms with van der Waals surface area (Å²) in [6.07, 6.45) is 10.0. The fraction of sp³-hybridized carbons (Fsp3) is 0.941. The minimum atomic E-state index is 0.163. The van der Waals surface area contributed by atoms with E-state index in [0.717, 1.165) is 18.9 Å². The third kappa shape index (κ3) is 2.61. The monoisotopic (exact) mass is 278 g/mol. The van der Waals surface area contributed by atoms with E-state index < -0.39 is 0 Å². The van der Waals surface area contributed by atoms with Crippen molar-refractivity contribution in [3.63, 3.8) is 0 Å². The third-order valence-corrected chi connectivity index (χ3v) is 5.99. The van der Waals surface area contributed by atoms with E-state index in [0.29, 0.717) is 22.8 Å². The largest absolute Gasteiger partial charge is 0.359 e. The molecule has 4 bridgehead atoms. The van der Waals surface area contributed by atoms with Crippen LogP contribution in [0.2, 0.25) is 0 Å². The zero-order valence-electron chi connectivity index (χ0n) is 13.3. The predicted octanol–water partition coefficient (Wildman–Crippen LogP) is 2.85. The lowest BCUT2D eigenvalue weighted by atomic mass is 9.43. The van der Waals surface area contributed by atoms with Crippen LogP contribution in [0, 0.1) is 16.7 Å². The van der Waals surface area contributed by atoms with Crippen molar-refractivity contribution in [2.24, 2.45) is 16.7 Å². The molecule has 20 heavy (non-hydrogen) atoms. The molecule has 2 atom stereocenters. The third-order valence-electron chi connectivity index (χ3n) is 5.99. The maximum Gasteiger partial charge on any atom is 0.219 e. The van der Waals surface area contributed by atoms with Crippen LogP contribution >= 0.6 is 0 Å². The van der Waals surface area contributed by atoms with E-state index >= 15 is 0 Å². The van der Waals surface area contributed by atoms with Crippen LogP contribution in [0.3, 0.4) is 0 Å². The van der Waals surface area contributed by atoms with Crippen LogP contribution in [0.15, 0.2) is 0 Å². The maximum atomic E-state index is 11.3. The first-order valence-corrected chi connectivity index (χ1v) is 8.32. The Kier molecular flexibility index (Phi) is 3.39. The number of carbonyl (C=O) groups is 1. The van der Waals surface area contributed by atoms with Gasteiger partial charge in [0.1, 0.15) is 0 Å². The predicted molar refractivity (Wildman–Crippen MR) is 81.4 cm³/mol. The van der Waals surface area contributed by atoms with Crippen LogP contribution < -0.4 is 10.6 Å². The Morgan fingerprint density at radius 1 is 1.10 bits per heavy atom. The van der Waals surface area contributed by atoms with Crippen molar-refractivity contribution in [2.75, 3.05) is 13.6 Å². The Hall–Kier alpha value is -0.570. The number of nitrogens with one attached hydrogen (secondary N) is 2. The van der Waals surface area contributed by atoms with E-state index in [1.807, 2.05) is 0 Å². The molecule has 3 heteroatoms. The van der Waals surface area contributed by atoms with E-state index in [-0.39, 0.29) is 5.91 Å². The van der Waals surface area contributed by atoms with Crippen LogP contribution in [-0.2, 0) is 4.79 Å². The Morgan fingerprint density at radius 3 is 2.30 bits per heavy atom. The van der Waals surface area contributed by atoms with E-state index in [1.54, 1.807) is 7.05 Å². The molecule has 4 fully saturated rings. The fourth-order valence-electron chi connectivity index (χ4n) is 6.37. The summed E-state index contributed by atoms with van der Waals surface area (Å²) in [7, 11) is 1.72. The van der Waals surface area contributed by atoms with Gasteiger partial charge in [0.05, 0.1) is 0 Å². The first-order chi connectivity index (χ1) is 9.36. The van der Waals surface area contributed by atoms with Crippen molar-refractivity contribution in [1.29, 1.82) is 0 Å². The molecule has 2 N–H and O–H groups in total. The Bertz CT molecular complexity index is 388. The van der Waals surface area contributed by atoms with Gasteiger partial charge >= 0.3 is 0 Å². The van der Waals surface area contributed by atoms with E-state index in [9.17, 15) is 4.79 Å². The molecule has 0 saturated heterocycles. The minimum Gasteiger partial charge on any atom is -0.359 e. The highest BCUT2D eigenvalue weighted by molar-refractivity contribution is 5.75. The van der Waals surface area contributed by atoms with Gasteiger partial charge < -0.3 is 10.6 Å². The molecule has 4 saturated carbocycles. The fourth-order valence-corrected chi connectivity index (χ4v) is 6.37. The molecule has 0 spiro atoms. The van der Waals surface area contributed by atoms with Gasteiger partial charge in [-0.05, 0) is 68.2 Å². The number of hydrogen-bond acceptors (Lipinski definition) is 2. The van der Waals surface area contributed by atoms with Crippen molar-refractivity contribution in [1.82, 2.24) is 10.6 Å². The summed E-state index contributed by atoms with van der Waals surface area (Å²) in [5.74, 6) is 1.10. The highest BCUT2D eigenvalue weighted by Crippen LogP contribution is 2.66. The molecule has 4 rings (SSSR count). The highest BCUT2D eigenvalue weighted by atomic mass is 16.1. The van der Waals surface area contributed by atoms with Gasteiger partial charge in [0.25, 0.3) is 0 Å². The van der Waals surface area contributed by atoms with Crippen molar-refractivity contribution in [3.05, 3.63) is 0 Å². The van der Waals surface area contributed by atoms with Gasteiger partial charge in [-0.2, -0.15) is 0 Å². The molecule has 114 valence electrons. The quantitative estimate of drug-likeness (QED) is 0.759. The number of rotatable bonds is 5. The molecule has 0 aromatic carbocycles. The van der Waals surface area contributed by atoms with Gasteiger partial charge in [0.15, 0.2) is 0 Å². The highest BCUT2D eigenvalue weighted by Gasteiger charge is 2.59. The first-order valence-electron chi connectivity index (χ1n) is 8.32. The molecule has 4 aliphatic carbocycles. The normalized spacial score (nSPS) is 45.6. The number of amides is 1. The summed E-state index contributed by atoms with van der Waals surface area (Å²) in [5.41, 5.74) is 1.52. The van der Waals surface area contributed by atoms with Gasteiger partial charge in [-0.15, -0.1) is 0 Å². The smallest absolute Gasteiger partial charge is 0.219 e. The van der Waals surface area contributed by atoms with Gasteiger partial charge in [-0.1, -0.05) is 13.8 Å². The Labute approximate surface area is 123 Å². The summed E-state index contributed by atoms with van der Waals surface area (Å²) in [5, 5.41) is 6.58. The second kappa shape index (κ2) is 4.72. The van der Waals surface area contributed by atoms with Crippen molar-refractivity contribution in [3.8, 4) is 0 Å². The van der Waals surface area contributed by atoms with Crippen LogP contribution in [0.4, 0.5) is 0 Å². The lowest BCUT2D eigenvalue weighted by Gasteiger charge is -2.65. The van der Waals surface area contributed by atoms with Crippen molar-refractivity contribution >= 4 is 5.91 Å². The second-order valence-electron chi connectivity index (χ2n) is 8.61. The molecular formula is C17H30N2O. The van der Waals surface area contributed by atoms with E-state index in [2.05, 4.69) is 24.5 Å². The van der Waals surface area contributed by atoms with Gasteiger partial charge in [0.2, 0.25) is 5.91 Å². The zero-order valence-corrected chi connectivity index (χ0v) is 13.3.